The molecule has 2 saturated carbocycles. The molecule has 1 amide bonds. The second-order valence-electron chi connectivity index (χ2n) is 11.4. The van der Waals surface area contributed by atoms with Gasteiger partial charge in [-0.15, -0.1) is 0 Å². The van der Waals surface area contributed by atoms with E-state index in [4.69, 9.17) is 19.4 Å². The van der Waals surface area contributed by atoms with E-state index in [-0.39, 0.29) is 5.91 Å². The smallest absolute Gasteiger partial charge is 0.254 e. The molecule has 2 aliphatic carbocycles. The summed E-state index contributed by atoms with van der Waals surface area (Å²) in [7, 11) is 5.34. The van der Waals surface area contributed by atoms with E-state index in [1.807, 2.05) is 30.1 Å². The number of amides is 1. The summed E-state index contributed by atoms with van der Waals surface area (Å²) in [6.45, 7) is 2.61. The zero-order valence-electron chi connectivity index (χ0n) is 22.4. The van der Waals surface area contributed by atoms with Crippen LogP contribution in [0.1, 0.15) is 48.9 Å². The van der Waals surface area contributed by atoms with Crippen LogP contribution in [0.25, 0.3) is 33.6 Å². The maximum absolute atomic E-state index is 13.6. The zero-order valence-corrected chi connectivity index (χ0v) is 22.4. The molecule has 2 atom stereocenters. The first-order valence-electron chi connectivity index (χ1n) is 13.9. The Kier molecular flexibility index (Phi) is 5.60. The molecule has 1 aliphatic heterocycles. The normalized spacial score (nSPS) is 21.3. The van der Waals surface area contributed by atoms with Gasteiger partial charge < -0.3 is 23.5 Å². The van der Waals surface area contributed by atoms with Gasteiger partial charge in [-0.05, 0) is 67.7 Å². The molecule has 8 heteroatoms. The molecule has 0 bridgehead atoms. The minimum Gasteiger partial charge on any atom is -0.494 e. The van der Waals surface area contributed by atoms with E-state index in [0.29, 0.717) is 29.0 Å². The molecular formula is C30H35N5O3. The summed E-state index contributed by atoms with van der Waals surface area (Å²) in [5.41, 5.74) is 4.25. The molecule has 8 nitrogen and oxygen atoms in total. The predicted octanol–water partition coefficient (Wildman–Crippen LogP) is 5.28. The van der Waals surface area contributed by atoms with Gasteiger partial charge in [-0.25, -0.2) is 4.98 Å². The fraction of sp³-hybridized carbons (Fsp3) is 0.500. The summed E-state index contributed by atoms with van der Waals surface area (Å²) >= 11 is 0. The molecular weight excluding hydrogens is 478 g/mol. The Morgan fingerprint density at radius 3 is 2.63 bits per heavy atom. The molecule has 0 radical (unpaired) electrons. The van der Waals surface area contributed by atoms with E-state index in [1.165, 1.54) is 32.1 Å². The van der Waals surface area contributed by atoms with Crippen LogP contribution in [-0.2, 0) is 13.6 Å². The third kappa shape index (κ3) is 3.84. The average Bonchev–Trinajstić information content (AvgIpc) is 3.37. The first-order valence-corrected chi connectivity index (χ1v) is 13.9. The largest absolute Gasteiger partial charge is 0.494 e. The maximum atomic E-state index is 13.6. The molecule has 0 unspecified atom stereocenters. The van der Waals surface area contributed by atoms with Gasteiger partial charge in [0.05, 0.1) is 25.4 Å². The van der Waals surface area contributed by atoms with E-state index in [0.717, 1.165) is 65.6 Å². The molecule has 4 aromatic rings. The van der Waals surface area contributed by atoms with Crippen molar-refractivity contribution in [3.63, 3.8) is 0 Å². The van der Waals surface area contributed by atoms with Gasteiger partial charge in [0.1, 0.15) is 16.9 Å². The summed E-state index contributed by atoms with van der Waals surface area (Å²) in [4.78, 5) is 25.5. The number of aryl methyl sites for hydroxylation is 1. The Hall–Kier alpha value is -3.55. The number of hydrogen-bond donors (Lipinski definition) is 0. The van der Waals surface area contributed by atoms with Crippen molar-refractivity contribution in [2.75, 3.05) is 27.3 Å². The van der Waals surface area contributed by atoms with Crippen LogP contribution in [-0.4, -0.2) is 57.2 Å². The Labute approximate surface area is 222 Å². The molecule has 1 aromatic carbocycles. The lowest BCUT2D eigenvalue weighted by Crippen LogP contribution is -2.42. The van der Waals surface area contributed by atoms with Gasteiger partial charge in [-0.2, -0.15) is 4.98 Å². The van der Waals surface area contributed by atoms with Crippen molar-refractivity contribution < 1.29 is 14.3 Å². The maximum Gasteiger partial charge on any atom is 0.254 e. The van der Waals surface area contributed by atoms with Crippen LogP contribution < -0.4 is 9.47 Å². The molecule has 4 heterocycles. The number of benzene rings is 1. The number of aromatic nitrogens is 4. The second-order valence-corrected chi connectivity index (χ2v) is 11.4. The molecule has 3 aliphatic rings. The van der Waals surface area contributed by atoms with E-state index in [1.54, 1.807) is 14.2 Å². The Morgan fingerprint density at radius 1 is 1.00 bits per heavy atom. The third-order valence-corrected chi connectivity index (χ3v) is 9.02. The summed E-state index contributed by atoms with van der Waals surface area (Å²) in [6.07, 6.45) is 7.46. The number of nitrogens with zero attached hydrogens (tertiary/aromatic N) is 5. The molecule has 0 spiro atoms. The van der Waals surface area contributed by atoms with Gasteiger partial charge in [0, 0.05) is 43.7 Å². The predicted molar refractivity (Wildman–Crippen MR) is 147 cm³/mol. The highest BCUT2D eigenvalue weighted by Gasteiger charge is 2.35. The number of rotatable bonds is 6. The number of hydrogen-bond acceptors (Lipinski definition) is 5. The lowest BCUT2D eigenvalue weighted by Gasteiger charge is -2.35. The summed E-state index contributed by atoms with van der Waals surface area (Å²) in [6, 6.07) is 9.96. The second kappa shape index (κ2) is 9.03. The topological polar surface area (TPSA) is 74.4 Å². The molecule has 3 fully saturated rings. The van der Waals surface area contributed by atoms with Gasteiger partial charge in [-0.1, -0.05) is 12.8 Å². The van der Waals surface area contributed by atoms with Crippen LogP contribution in [0.4, 0.5) is 0 Å². The number of imidazole rings is 1. The molecule has 0 N–H and O–H groups in total. The molecule has 1 saturated heterocycles. The molecule has 3 aromatic heterocycles. The van der Waals surface area contributed by atoms with Gasteiger partial charge in [-0.3, -0.25) is 4.79 Å². The highest BCUT2D eigenvalue weighted by atomic mass is 16.5. The summed E-state index contributed by atoms with van der Waals surface area (Å²) in [5, 5.41) is 1.06. The SMILES string of the molecule is COc1ccc2cc(-c3nc4cc(C(=O)N5CC[C@@H]6CCC[C@@H]6C5)cc(OC)c4n3C)n(CC3CC3)c2n1. The number of piperidine rings is 1. The quantitative estimate of drug-likeness (QED) is 0.351. The van der Waals surface area contributed by atoms with E-state index in [2.05, 4.69) is 21.3 Å². The number of likely N-dealkylation sites (tertiary alicyclic amines) is 1. The highest BCUT2D eigenvalue weighted by molar-refractivity contribution is 6.00. The van der Waals surface area contributed by atoms with Crippen molar-refractivity contribution in [2.45, 2.75) is 45.1 Å². The standard InChI is InChI=1S/C30H35N5O3/c1-33-27-23(13-22(15-25(27)37-2)30(36)34-12-11-19-5-4-6-21(19)17-34)31-29(33)24-14-20-9-10-26(38-3)32-28(20)35(24)16-18-7-8-18/h9-10,13-15,18-19,21H,4-8,11-12,16-17H2,1-3H3/t19-,21+/m0/s1. The summed E-state index contributed by atoms with van der Waals surface area (Å²) in [5.74, 6) is 4.32. The lowest BCUT2D eigenvalue weighted by molar-refractivity contribution is 0.0627. The fourth-order valence-electron chi connectivity index (χ4n) is 6.77. The third-order valence-electron chi connectivity index (χ3n) is 9.02. The van der Waals surface area contributed by atoms with Crippen LogP contribution in [0.15, 0.2) is 30.3 Å². The Morgan fingerprint density at radius 2 is 1.84 bits per heavy atom. The zero-order chi connectivity index (χ0) is 26.0. The van der Waals surface area contributed by atoms with Crippen molar-refractivity contribution in [1.82, 2.24) is 24.0 Å². The van der Waals surface area contributed by atoms with Gasteiger partial charge in [0.2, 0.25) is 5.88 Å². The number of carbonyl (C=O) groups is 1. The molecule has 198 valence electrons. The van der Waals surface area contributed by atoms with Gasteiger partial charge in [0.15, 0.2) is 5.82 Å². The Bertz CT molecular complexity index is 1550. The summed E-state index contributed by atoms with van der Waals surface area (Å²) < 4.78 is 15.6. The average molecular weight is 514 g/mol. The van der Waals surface area contributed by atoms with Gasteiger partial charge >= 0.3 is 0 Å². The number of pyridine rings is 1. The van der Waals surface area contributed by atoms with Crippen LogP contribution >= 0.6 is 0 Å². The van der Waals surface area contributed by atoms with Crippen molar-refractivity contribution in [1.29, 1.82) is 0 Å². The van der Waals surface area contributed by atoms with Crippen LogP contribution in [0.2, 0.25) is 0 Å². The monoisotopic (exact) mass is 513 g/mol. The Balaban J connectivity index is 1.31. The highest BCUT2D eigenvalue weighted by Crippen LogP contribution is 2.40. The first-order chi connectivity index (χ1) is 18.5. The van der Waals surface area contributed by atoms with E-state index >= 15 is 0 Å². The number of methoxy groups -OCH3 is 2. The fourth-order valence-corrected chi connectivity index (χ4v) is 6.77. The number of ether oxygens (including phenoxy) is 2. The minimum atomic E-state index is 0.0851. The van der Waals surface area contributed by atoms with Crippen LogP contribution in [0.5, 0.6) is 11.6 Å². The van der Waals surface area contributed by atoms with E-state index in [9.17, 15) is 4.79 Å². The molecule has 38 heavy (non-hydrogen) atoms. The minimum absolute atomic E-state index is 0.0851. The van der Waals surface area contributed by atoms with Crippen LogP contribution in [0, 0.1) is 17.8 Å². The first kappa shape index (κ1) is 23.6. The van der Waals surface area contributed by atoms with Crippen molar-refractivity contribution in [2.24, 2.45) is 24.8 Å². The van der Waals surface area contributed by atoms with E-state index < -0.39 is 0 Å². The van der Waals surface area contributed by atoms with Crippen molar-refractivity contribution in [3.8, 4) is 23.1 Å². The van der Waals surface area contributed by atoms with Crippen LogP contribution in [0.3, 0.4) is 0 Å². The number of fused-ring (bicyclic) bond motifs is 3. The van der Waals surface area contributed by atoms with Crippen molar-refractivity contribution >= 4 is 28.0 Å². The molecule has 7 rings (SSSR count). The van der Waals surface area contributed by atoms with Gasteiger partial charge in [0.25, 0.3) is 5.91 Å². The number of carbonyl (C=O) groups excluding carboxylic acids is 1. The lowest BCUT2D eigenvalue weighted by atomic mass is 9.88. The van der Waals surface area contributed by atoms with Crippen molar-refractivity contribution in [3.05, 3.63) is 35.9 Å².